The second-order valence-corrected chi connectivity index (χ2v) is 6.48. The van der Waals surface area contributed by atoms with E-state index >= 15 is 0 Å². The fourth-order valence-electron chi connectivity index (χ4n) is 2.32. The zero-order valence-corrected chi connectivity index (χ0v) is 13.8. The normalized spacial score (nSPS) is 11.1. The highest BCUT2D eigenvalue weighted by Crippen LogP contribution is 2.28. The van der Waals surface area contributed by atoms with Crippen molar-refractivity contribution in [1.82, 2.24) is 0 Å². The monoisotopic (exact) mass is 310 g/mol. The molecule has 0 atom stereocenters. The molecule has 0 unspecified atom stereocenters. The molecule has 23 heavy (non-hydrogen) atoms. The molecule has 2 aromatic carbocycles. The van der Waals surface area contributed by atoms with Gasteiger partial charge in [-0.3, -0.25) is 0 Å². The number of aliphatic carboxylic acids is 1. The fourth-order valence-corrected chi connectivity index (χ4v) is 2.32. The molecule has 3 heteroatoms. The van der Waals surface area contributed by atoms with Crippen LogP contribution in [0.4, 0.5) is 0 Å². The van der Waals surface area contributed by atoms with Gasteiger partial charge in [0, 0.05) is 12.0 Å². The maximum Gasteiger partial charge on any atom is 0.331 e. The Morgan fingerprint density at radius 1 is 1.09 bits per heavy atom. The molecular weight excluding hydrogens is 288 g/mol. The van der Waals surface area contributed by atoms with Crippen molar-refractivity contribution in [1.29, 1.82) is 0 Å². The van der Waals surface area contributed by atoms with Crippen molar-refractivity contribution in [3.05, 3.63) is 66.2 Å². The standard InChI is InChI=1S/C20H22O3/c1-14(19(21)22)13-16-7-5-6-8-18(16)15-9-11-17(12-10-15)23-20(2,3)4/h5-12H,1,13H2,2-4H3,(H,21,22). The molecule has 0 saturated carbocycles. The van der Waals surface area contributed by atoms with Gasteiger partial charge in [0.25, 0.3) is 0 Å². The van der Waals surface area contributed by atoms with E-state index in [9.17, 15) is 4.79 Å². The summed E-state index contributed by atoms with van der Waals surface area (Å²) in [7, 11) is 0. The van der Waals surface area contributed by atoms with E-state index in [0.29, 0.717) is 6.42 Å². The van der Waals surface area contributed by atoms with Crippen LogP contribution in [-0.2, 0) is 11.2 Å². The Labute approximate surface area is 137 Å². The Hall–Kier alpha value is -2.55. The lowest BCUT2D eigenvalue weighted by Gasteiger charge is -2.21. The van der Waals surface area contributed by atoms with Gasteiger partial charge >= 0.3 is 5.97 Å². The lowest BCUT2D eigenvalue weighted by molar-refractivity contribution is -0.132. The van der Waals surface area contributed by atoms with E-state index in [1.165, 1.54) is 0 Å². The zero-order chi connectivity index (χ0) is 17.0. The van der Waals surface area contributed by atoms with Gasteiger partial charge in [0.05, 0.1) is 0 Å². The predicted octanol–water partition coefficient (Wildman–Crippen LogP) is 4.71. The second-order valence-electron chi connectivity index (χ2n) is 6.48. The molecule has 1 N–H and O–H groups in total. The minimum Gasteiger partial charge on any atom is -0.488 e. The number of ether oxygens (including phenoxy) is 1. The molecule has 0 saturated heterocycles. The summed E-state index contributed by atoms with van der Waals surface area (Å²) in [4.78, 5) is 11.0. The maximum absolute atomic E-state index is 11.0. The van der Waals surface area contributed by atoms with E-state index in [2.05, 4.69) is 6.58 Å². The van der Waals surface area contributed by atoms with Crippen molar-refractivity contribution in [2.24, 2.45) is 0 Å². The van der Waals surface area contributed by atoms with Gasteiger partial charge in [-0.05, 0) is 49.6 Å². The summed E-state index contributed by atoms with van der Waals surface area (Å²) in [5.41, 5.74) is 2.94. The first-order chi connectivity index (χ1) is 10.8. The highest BCUT2D eigenvalue weighted by Gasteiger charge is 2.13. The molecule has 120 valence electrons. The largest absolute Gasteiger partial charge is 0.488 e. The molecular formula is C20H22O3. The number of carboxylic acid groups (broad SMARTS) is 1. The Kier molecular flexibility index (Phi) is 4.89. The summed E-state index contributed by atoms with van der Waals surface area (Å²) in [5, 5.41) is 9.03. The summed E-state index contributed by atoms with van der Waals surface area (Å²) in [6.45, 7) is 9.64. The molecule has 0 fully saturated rings. The lowest BCUT2D eigenvalue weighted by atomic mass is 9.95. The number of hydrogen-bond acceptors (Lipinski definition) is 2. The molecule has 0 aromatic heterocycles. The van der Waals surface area contributed by atoms with Crippen molar-refractivity contribution in [2.45, 2.75) is 32.8 Å². The number of carboxylic acids is 1. The smallest absolute Gasteiger partial charge is 0.331 e. The number of rotatable bonds is 5. The highest BCUT2D eigenvalue weighted by atomic mass is 16.5. The first-order valence-electron chi connectivity index (χ1n) is 7.55. The Morgan fingerprint density at radius 3 is 2.26 bits per heavy atom. The van der Waals surface area contributed by atoms with E-state index in [1.807, 2.05) is 69.3 Å². The van der Waals surface area contributed by atoms with E-state index < -0.39 is 5.97 Å². The summed E-state index contributed by atoms with van der Waals surface area (Å²) >= 11 is 0. The van der Waals surface area contributed by atoms with Gasteiger partial charge in [-0.2, -0.15) is 0 Å². The van der Waals surface area contributed by atoms with Crippen LogP contribution < -0.4 is 4.74 Å². The number of benzene rings is 2. The third kappa shape index (κ3) is 4.71. The average Bonchev–Trinajstić information content (AvgIpc) is 2.47. The maximum atomic E-state index is 11.0. The molecule has 0 aliphatic rings. The van der Waals surface area contributed by atoms with E-state index in [1.54, 1.807) is 0 Å². The van der Waals surface area contributed by atoms with Gasteiger partial charge in [-0.1, -0.05) is 43.0 Å². The van der Waals surface area contributed by atoms with Crippen molar-refractivity contribution in [3.8, 4) is 16.9 Å². The molecule has 0 aliphatic heterocycles. The quantitative estimate of drug-likeness (QED) is 0.813. The van der Waals surface area contributed by atoms with E-state index in [-0.39, 0.29) is 11.2 Å². The second kappa shape index (κ2) is 6.69. The first-order valence-corrected chi connectivity index (χ1v) is 7.55. The van der Waals surface area contributed by atoms with Crippen LogP contribution in [-0.4, -0.2) is 16.7 Å². The van der Waals surface area contributed by atoms with E-state index in [0.717, 1.165) is 22.4 Å². The minimum atomic E-state index is -0.964. The van der Waals surface area contributed by atoms with Crippen LogP contribution in [0.5, 0.6) is 5.75 Å². The Balaban J connectivity index is 2.28. The molecule has 0 aliphatic carbocycles. The third-order valence-corrected chi connectivity index (χ3v) is 3.31. The van der Waals surface area contributed by atoms with Crippen LogP contribution in [0.3, 0.4) is 0 Å². The van der Waals surface area contributed by atoms with Gasteiger partial charge in [-0.25, -0.2) is 4.79 Å². The van der Waals surface area contributed by atoms with Gasteiger partial charge in [0.2, 0.25) is 0 Å². The van der Waals surface area contributed by atoms with Crippen molar-refractivity contribution < 1.29 is 14.6 Å². The zero-order valence-electron chi connectivity index (χ0n) is 13.8. The molecule has 0 amide bonds. The predicted molar refractivity (Wildman–Crippen MR) is 92.7 cm³/mol. The van der Waals surface area contributed by atoms with Crippen LogP contribution in [0.1, 0.15) is 26.3 Å². The van der Waals surface area contributed by atoms with Crippen molar-refractivity contribution in [2.75, 3.05) is 0 Å². The molecule has 3 nitrogen and oxygen atoms in total. The fraction of sp³-hybridized carbons (Fsp3) is 0.250. The van der Waals surface area contributed by atoms with E-state index in [4.69, 9.17) is 9.84 Å². The van der Waals surface area contributed by atoms with Crippen LogP contribution in [0.2, 0.25) is 0 Å². The SMILES string of the molecule is C=C(Cc1ccccc1-c1ccc(OC(C)(C)C)cc1)C(=O)O. The first kappa shape index (κ1) is 16.8. The molecule has 0 bridgehead atoms. The highest BCUT2D eigenvalue weighted by molar-refractivity contribution is 5.87. The summed E-state index contributed by atoms with van der Waals surface area (Å²) in [5.74, 6) is -0.151. The summed E-state index contributed by atoms with van der Waals surface area (Å²) in [6.07, 6.45) is 0.325. The van der Waals surface area contributed by atoms with Gasteiger partial charge in [0.15, 0.2) is 0 Å². The molecule has 2 rings (SSSR count). The van der Waals surface area contributed by atoms with Gasteiger partial charge in [0.1, 0.15) is 11.4 Å². The minimum absolute atomic E-state index is 0.185. The lowest BCUT2D eigenvalue weighted by Crippen LogP contribution is -2.22. The van der Waals surface area contributed by atoms with Crippen LogP contribution in [0.15, 0.2) is 60.7 Å². The van der Waals surface area contributed by atoms with Crippen molar-refractivity contribution >= 4 is 5.97 Å². The molecule has 0 heterocycles. The summed E-state index contributed by atoms with van der Waals surface area (Å²) < 4.78 is 5.83. The molecule has 0 radical (unpaired) electrons. The Morgan fingerprint density at radius 2 is 1.70 bits per heavy atom. The topological polar surface area (TPSA) is 46.5 Å². The van der Waals surface area contributed by atoms with Crippen LogP contribution in [0, 0.1) is 0 Å². The summed E-state index contributed by atoms with van der Waals surface area (Å²) in [6, 6.07) is 15.6. The third-order valence-electron chi connectivity index (χ3n) is 3.31. The van der Waals surface area contributed by atoms with Crippen LogP contribution >= 0.6 is 0 Å². The van der Waals surface area contributed by atoms with Gasteiger partial charge in [-0.15, -0.1) is 0 Å². The van der Waals surface area contributed by atoms with Gasteiger partial charge < -0.3 is 9.84 Å². The average molecular weight is 310 g/mol. The molecule has 0 spiro atoms. The Bertz CT molecular complexity index is 706. The molecule has 2 aromatic rings. The number of carbonyl (C=O) groups is 1. The van der Waals surface area contributed by atoms with Crippen molar-refractivity contribution in [3.63, 3.8) is 0 Å². The number of hydrogen-bond donors (Lipinski definition) is 1. The van der Waals surface area contributed by atoms with Crippen LogP contribution in [0.25, 0.3) is 11.1 Å².